The number of sulfonamides is 1. The van der Waals surface area contributed by atoms with Gasteiger partial charge in [0.25, 0.3) is 0 Å². The molecule has 0 aromatic heterocycles. The topological polar surface area (TPSA) is 92.3 Å². The molecule has 1 unspecified atom stereocenters. The van der Waals surface area contributed by atoms with E-state index in [1.54, 1.807) is 18.5 Å². The van der Waals surface area contributed by atoms with E-state index >= 15 is 0 Å². The first-order chi connectivity index (χ1) is 13.9. The van der Waals surface area contributed by atoms with Crippen molar-refractivity contribution in [1.82, 2.24) is 14.9 Å². The summed E-state index contributed by atoms with van der Waals surface area (Å²) >= 11 is 0. The summed E-state index contributed by atoms with van der Waals surface area (Å²) in [7, 11) is 0.250. The minimum Gasteiger partial charge on any atom is -0.497 e. The molecule has 0 radical (unpaired) electrons. The maximum absolute atomic E-state index is 12.2. The maximum atomic E-state index is 12.2. The summed E-state index contributed by atoms with van der Waals surface area (Å²) in [5.74, 6) is 2.50. The van der Waals surface area contributed by atoms with Crippen LogP contribution in [0.5, 0.6) is 11.5 Å². The summed E-state index contributed by atoms with van der Waals surface area (Å²) in [6.45, 7) is 5.57. The predicted octanol–water partition coefficient (Wildman–Crippen LogP) is 1.83. The lowest BCUT2D eigenvalue weighted by Crippen LogP contribution is -2.51. The predicted molar refractivity (Wildman–Crippen MR) is 116 cm³/mol. The number of piperidine rings is 1. The average Bonchev–Trinajstić information content (AvgIpc) is 2.72. The SMILES string of the molecule is CCCS(=O)(=O)N1CCC(NC(=NC)NCC(C)Oc2ccc(OC)cc2)CC1. The van der Waals surface area contributed by atoms with E-state index in [0.717, 1.165) is 24.3 Å². The summed E-state index contributed by atoms with van der Waals surface area (Å²) in [5, 5.41) is 6.67. The van der Waals surface area contributed by atoms with Crippen LogP contribution in [-0.2, 0) is 10.0 Å². The molecule has 0 saturated carbocycles. The number of guanidine groups is 1. The number of rotatable bonds is 9. The van der Waals surface area contributed by atoms with E-state index in [2.05, 4.69) is 15.6 Å². The highest BCUT2D eigenvalue weighted by Gasteiger charge is 2.27. The van der Waals surface area contributed by atoms with Gasteiger partial charge < -0.3 is 20.1 Å². The van der Waals surface area contributed by atoms with Crippen LogP contribution in [0.15, 0.2) is 29.3 Å². The zero-order valence-corrected chi connectivity index (χ0v) is 18.7. The van der Waals surface area contributed by atoms with E-state index < -0.39 is 10.0 Å². The summed E-state index contributed by atoms with van der Waals surface area (Å²) in [6, 6.07) is 7.68. The summed E-state index contributed by atoms with van der Waals surface area (Å²) < 4.78 is 37.0. The Balaban J connectivity index is 1.75. The molecule has 1 heterocycles. The third-order valence-corrected chi connectivity index (χ3v) is 6.90. The van der Waals surface area contributed by atoms with Crippen molar-refractivity contribution in [3.8, 4) is 11.5 Å². The molecule has 0 aliphatic carbocycles. The molecular weight excluding hydrogens is 392 g/mol. The molecule has 1 aliphatic heterocycles. The van der Waals surface area contributed by atoms with Gasteiger partial charge in [-0.3, -0.25) is 4.99 Å². The van der Waals surface area contributed by atoms with Gasteiger partial charge in [-0.15, -0.1) is 0 Å². The lowest BCUT2D eigenvalue weighted by Gasteiger charge is -2.32. The van der Waals surface area contributed by atoms with Crippen molar-refractivity contribution in [3.63, 3.8) is 0 Å². The highest BCUT2D eigenvalue weighted by atomic mass is 32.2. The van der Waals surface area contributed by atoms with Crippen molar-refractivity contribution in [3.05, 3.63) is 24.3 Å². The molecule has 29 heavy (non-hydrogen) atoms. The van der Waals surface area contributed by atoms with Crippen LogP contribution >= 0.6 is 0 Å². The fourth-order valence-electron chi connectivity index (χ4n) is 3.22. The van der Waals surface area contributed by atoms with Gasteiger partial charge in [-0.05, 0) is 50.5 Å². The van der Waals surface area contributed by atoms with E-state index in [-0.39, 0.29) is 17.9 Å². The van der Waals surface area contributed by atoms with Gasteiger partial charge in [0.15, 0.2) is 5.96 Å². The summed E-state index contributed by atoms with van der Waals surface area (Å²) in [5.41, 5.74) is 0. The van der Waals surface area contributed by atoms with Crippen molar-refractivity contribution >= 4 is 16.0 Å². The summed E-state index contributed by atoms with van der Waals surface area (Å²) in [6.07, 6.45) is 2.12. The molecule has 2 N–H and O–H groups in total. The number of nitrogens with zero attached hydrogens (tertiary/aromatic N) is 2. The Labute approximate surface area is 174 Å². The number of hydrogen-bond donors (Lipinski definition) is 2. The van der Waals surface area contributed by atoms with E-state index in [0.29, 0.717) is 32.0 Å². The van der Waals surface area contributed by atoms with Crippen LogP contribution in [0.3, 0.4) is 0 Å². The quantitative estimate of drug-likeness (QED) is 0.462. The molecule has 164 valence electrons. The molecule has 1 fully saturated rings. The minimum atomic E-state index is -3.11. The third-order valence-electron chi connectivity index (χ3n) is 4.83. The second-order valence-corrected chi connectivity index (χ2v) is 9.28. The fourth-order valence-corrected chi connectivity index (χ4v) is 4.76. The second-order valence-electron chi connectivity index (χ2n) is 7.19. The first kappa shape index (κ1) is 23.3. The van der Waals surface area contributed by atoms with Crippen LogP contribution in [0.25, 0.3) is 0 Å². The first-order valence-corrected chi connectivity index (χ1v) is 11.7. The normalized spacial score (nSPS) is 17.6. The number of methoxy groups -OCH3 is 1. The first-order valence-electron chi connectivity index (χ1n) is 10.1. The van der Waals surface area contributed by atoms with Crippen LogP contribution in [0.4, 0.5) is 0 Å². The monoisotopic (exact) mass is 426 g/mol. The Bertz CT molecular complexity index is 744. The molecule has 9 heteroatoms. The molecule has 1 saturated heterocycles. The molecule has 0 spiro atoms. The Hall–Kier alpha value is -2.00. The zero-order valence-electron chi connectivity index (χ0n) is 17.8. The van der Waals surface area contributed by atoms with Gasteiger partial charge in [0.05, 0.1) is 19.4 Å². The van der Waals surface area contributed by atoms with Crippen molar-refractivity contribution in [2.75, 3.05) is 39.5 Å². The van der Waals surface area contributed by atoms with Gasteiger partial charge in [0.1, 0.15) is 17.6 Å². The Kier molecular flexibility index (Phi) is 9.03. The number of ether oxygens (including phenoxy) is 2. The second kappa shape index (κ2) is 11.3. The van der Waals surface area contributed by atoms with Crippen molar-refractivity contribution < 1.29 is 17.9 Å². The van der Waals surface area contributed by atoms with Crippen molar-refractivity contribution in [2.45, 2.75) is 45.3 Å². The van der Waals surface area contributed by atoms with Crippen LogP contribution in [0.2, 0.25) is 0 Å². The molecule has 1 atom stereocenters. The lowest BCUT2D eigenvalue weighted by molar-refractivity contribution is 0.223. The standard InChI is InChI=1S/C20H34N4O4S/c1-5-14-29(25,26)24-12-10-17(11-13-24)23-20(21-3)22-15-16(2)28-19-8-6-18(27-4)7-9-19/h6-9,16-17H,5,10-15H2,1-4H3,(H2,21,22,23). The number of benzene rings is 1. The van der Waals surface area contributed by atoms with Gasteiger partial charge in [-0.1, -0.05) is 6.92 Å². The van der Waals surface area contributed by atoms with Crippen molar-refractivity contribution in [2.24, 2.45) is 4.99 Å². The molecule has 1 aliphatic rings. The molecule has 0 amide bonds. The highest BCUT2D eigenvalue weighted by Crippen LogP contribution is 2.18. The van der Waals surface area contributed by atoms with Gasteiger partial charge in [0.2, 0.25) is 10.0 Å². The van der Waals surface area contributed by atoms with Crippen LogP contribution in [0.1, 0.15) is 33.1 Å². The number of nitrogens with one attached hydrogen (secondary N) is 2. The highest BCUT2D eigenvalue weighted by molar-refractivity contribution is 7.89. The summed E-state index contributed by atoms with van der Waals surface area (Å²) in [4.78, 5) is 4.27. The zero-order chi connectivity index (χ0) is 21.3. The molecule has 0 bridgehead atoms. The smallest absolute Gasteiger partial charge is 0.214 e. The number of aliphatic imine (C=N–C) groups is 1. The van der Waals surface area contributed by atoms with Crippen LogP contribution < -0.4 is 20.1 Å². The molecule has 1 aromatic rings. The minimum absolute atomic E-state index is 0.0528. The number of hydrogen-bond acceptors (Lipinski definition) is 5. The largest absolute Gasteiger partial charge is 0.497 e. The molecular formula is C20H34N4O4S. The van der Waals surface area contributed by atoms with Gasteiger partial charge in [0, 0.05) is 26.2 Å². The van der Waals surface area contributed by atoms with E-state index in [1.807, 2.05) is 38.1 Å². The Morgan fingerprint density at radius 2 is 1.86 bits per heavy atom. The van der Waals surface area contributed by atoms with E-state index in [9.17, 15) is 8.42 Å². The fraction of sp³-hybridized carbons (Fsp3) is 0.650. The van der Waals surface area contributed by atoms with Gasteiger partial charge >= 0.3 is 0 Å². The molecule has 1 aromatic carbocycles. The van der Waals surface area contributed by atoms with Gasteiger partial charge in [-0.2, -0.15) is 0 Å². The van der Waals surface area contributed by atoms with Crippen LogP contribution in [0, 0.1) is 0 Å². The third kappa shape index (κ3) is 7.40. The Morgan fingerprint density at radius 1 is 1.24 bits per heavy atom. The van der Waals surface area contributed by atoms with Crippen molar-refractivity contribution in [1.29, 1.82) is 0 Å². The van der Waals surface area contributed by atoms with E-state index in [1.165, 1.54) is 0 Å². The van der Waals surface area contributed by atoms with E-state index in [4.69, 9.17) is 9.47 Å². The lowest BCUT2D eigenvalue weighted by atomic mass is 10.1. The maximum Gasteiger partial charge on any atom is 0.214 e. The molecule has 8 nitrogen and oxygen atoms in total. The Morgan fingerprint density at radius 3 is 2.41 bits per heavy atom. The average molecular weight is 427 g/mol. The van der Waals surface area contributed by atoms with Gasteiger partial charge in [-0.25, -0.2) is 12.7 Å². The molecule has 2 rings (SSSR count). The van der Waals surface area contributed by atoms with Crippen LogP contribution in [-0.4, -0.2) is 70.4 Å².